The van der Waals surface area contributed by atoms with Gasteiger partial charge in [-0.2, -0.15) is 0 Å². The van der Waals surface area contributed by atoms with Crippen LogP contribution >= 0.6 is 0 Å². The van der Waals surface area contributed by atoms with Crippen molar-refractivity contribution in [3.05, 3.63) is 23.8 Å². The Kier molecular flexibility index (Phi) is 5.46. The molecule has 0 aliphatic rings. The van der Waals surface area contributed by atoms with Crippen molar-refractivity contribution in [1.82, 2.24) is 0 Å². The van der Waals surface area contributed by atoms with Gasteiger partial charge in [-0.15, -0.1) is 13.2 Å². The first kappa shape index (κ1) is 18.6. The van der Waals surface area contributed by atoms with Crippen LogP contribution in [0.15, 0.2) is 18.2 Å². The Morgan fingerprint density at radius 1 is 1.04 bits per heavy atom. The van der Waals surface area contributed by atoms with Gasteiger partial charge in [-0.05, 0) is 39.0 Å². The average Bonchev–Trinajstić information content (AvgIpc) is 2.36. The molecule has 0 radical (unpaired) electrons. The first-order valence-corrected chi connectivity index (χ1v) is 6.30. The lowest BCUT2D eigenvalue weighted by Crippen LogP contribution is -2.26. The average molecular weight is 336 g/mol. The lowest BCUT2D eigenvalue weighted by molar-refractivity contribution is -0.275. The molecule has 1 aromatic rings. The molecule has 128 valence electrons. The number of hydrogen-bond acceptors (Lipinski definition) is 6. The smallest absolute Gasteiger partial charge is 0.465 e. The van der Waals surface area contributed by atoms with Gasteiger partial charge in [-0.1, -0.05) is 0 Å². The monoisotopic (exact) mass is 336 g/mol. The fraction of sp³-hybridized carbons (Fsp3) is 0.429. The van der Waals surface area contributed by atoms with Crippen LogP contribution in [0.2, 0.25) is 0 Å². The molecule has 1 rings (SSSR count). The summed E-state index contributed by atoms with van der Waals surface area (Å²) in [4.78, 5) is 22.9. The summed E-state index contributed by atoms with van der Waals surface area (Å²) in [5.74, 6) is -2.30. The number of rotatable bonds is 3. The zero-order valence-electron chi connectivity index (χ0n) is 12.8. The molecule has 0 spiro atoms. The summed E-state index contributed by atoms with van der Waals surface area (Å²) in [6.45, 7) is 4.67. The molecule has 1 aromatic carbocycles. The van der Waals surface area contributed by atoms with Crippen molar-refractivity contribution in [2.24, 2.45) is 0 Å². The Labute approximate surface area is 130 Å². The SMILES string of the molecule is COC(=O)c1ccc(OC(=O)OC(C)(C)C)c(OC(F)(F)F)c1. The van der Waals surface area contributed by atoms with Gasteiger partial charge in [0.05, 0.1) is 12.7 Å². The number of alkyl halides is 3. The van der Waals surface area contributed by atoms with E-state index in [1.165, 1.54) is 0 Å². The number of halogens is 3. The van der Waals surface area contributed by atoms with Crippen LogP contribution in [0.4, 0.5) is 18.0 Å². The van der Waals surface area contributed by atoms with Gasteiger partial charge in [0.1, 0.15) is 5.60 Å². The van der Waals surface area contributed by atoms with Crippen LogP contribution in [0.5, 0.6) is 11.5 Å². The molecule has 0 bridgehead atoms. The number of hydrogen-bond donors (Lipinski definition) is 0. The van der Waals surface area contributed by atoms with Crippen LogP contribution in [0.3, 0.4) is 0 Å². The second-order valence-corrected chi connectivity index (χ2v) is 5.27. The minimum Gasteiger partial charge on any atom is -0.465 e. The van der Waals surface area contributed by atoms with Crippen LogP contribution < -0.4 is 9.47 Å². The molecule has 0 atom stereocenters. The minimum absolute atomic E-state index is 0.205. The van der Waals surface area contributed by atoms with Gasteiger partial charge >= 0.3 is 18.5 Å². The Balaban J connectivity index is 3.10. The lowest BCUT2D eigenvalue weighted by Gasteiger charge is -2.19. The molecule has 0 heterocycles. The molecule has 0 saturated heterocycles. The van der Waals surface area contributed by atoms with Gasteiger partial charge < -0.3 is 18.9 Å². The maximum Gasteiger partial charge on any atom is 0.573 e. The number of carbonyl (C=O) groups is 2. The molecule has 0 aromatic heterocycles. The number of benzene rings is 1. The molecule has 0 N–H and O–H groups in total. The lowest BCUT2D eigenvalue weighted by atomic mass is 10.2. The van der Waals surface area contributed by atoms with Crippen molar-refractivity contribution < 1.29 is 41.7 Å². The standard InChI is InChI=1S/C14H15F3O6/c1-13(2,3)23-12(19)21-9-6-5-8(11(18)20-4)7-10(9)22-14(15,16)17/h5-7H,1-4H3. The Morgan fingerprint density at radius 3 is 2.13 bits per heavy atom. The van der Waals surface area contributed by atoms with Crippen molar-refractivity contribution in [1.29, 1.82) is 0 Å². The summed E-state index contributed by atoms with van der Waals surface area (Å²) in [7, 11) is 1.07. The fourth-order valence-corrected chi connectivity index (χ4v) is 1.40. The molecule has 9 heteroatoms. The van der Waals surface area contributed by atoms with Crippen molar-refractivity contribution in [3.8, 4) is 11.5 Å². The largest absolute Gasteiger partial charge is 0.573 e. The zero-order valence-corrected chi connectivity index (χ0v) is 12.8. The summed E-state index contributed by atoms with van der Waals surface area (Å²) in [6, 6.07) is 2.84. The number of esters is 1. The van der Waals surface area contributed by atoms with E-state index < -0.39 is 35.6 Å². The summed E-state index contributed by atoms with van der Waals surface area (Å²) >= 11 is 0. The highest BCUT2D eigenvalue weighted by atomic mass is 19.4. The van der Waals surface area contributed by atoms with Gasteiger partial charge in [0.15, 0.2) is 11.5 Å². The Bertz CT molecular complexity index is 589. The molecule has 0 aliphatic heterocycles. The molecule has 0 fully saturated rings. The normalized spacial score (nSPS) is 11.6. The van der Waals surface area contributed by atoms with E-state index in [-0.39, 0.29) is 5.56 Å². The molecule has 6 nitrogen and oxygen atoms in total. The van der Waals surface area contributed by atoms with E-state index in [1.54, 1.807) is 20.8 Å². The molecule has 0 amide bonds. The van der Waals surface area contributed by atoms with Gasteiger partial charge in [-0.3, -0.25) is 0 Å². The summed E-state index contributed by atoms with van der Waals surface area (Å²) < 4.78 is 55.0. The Hall–Kier alpha value is -2.45. The van der Waals surface area contributed by atoms with Gasteiger partial charge in [-0.25, -0.2) is 9.59 Å². The minimum atomic E-state index is -5.04. The van der Waals surface area contributed by atoms with Gasteiger partial charge in [0, 0.05) is 0 Å². The second kappa shape index (κ2) is 6.76. The summed E-state index contributed by atoms with van der Waals surface area (Å²) in [5, 5.41) is 0. The van der Waals surface area contributed by atoms with Crippen LogP contribution in [-0.4, -0.2) is 31.2 Å². The number of ether oxygens (including phenoxy) is 4. The summed E-state index contributed by atoms with van der Waals surface area (Å²) in [5.41, 5.74) is -1.10. The van der Waals surface area contributed by atoms with E-state index in [2.05, 4.69) is 9.47 Å². The first-order chi connectivity index (χ1) is 10.4. The van der Waals surface area contributed by atoms with Gasteiger partial charge in [0.2, 0.25) is 0 Å². The summed E-state index contributed by atoms with van der Waals surface area (Å²) in [6.07, 6.45) is -6.25. The molecule has 0 unspecified atom stereocenters. The van der Waals surface area contributed by atoms with E-state index >= 15 is 0 Å². The van der Waals surface area contributed by atoms with E-state index in [1.807, 2.05) is 0 Å². The third-order valence-electron chi connectivity index (χ3n) is 2.17. The van der Waals surface area contributed by atoms with E-state index in [0.717, 1.165) is 25.3 Å². The van der Waals surface area contributed by atoms with Crippen molar-refractivity contribution in [2.75, 3.05) is 7.11 Å². The second-order valence-electron chi connectivity index (χ2n) is 5.27. The first-order valence-electron chi connectivity index (χ1n) is 6.30. The number of methoxy groups -OCH3 is 1. The highest BCUT2D eigenvalue weighted by molar-refractivity contribution is 5.90. The molecular weight excluding hydrogens is 321 g/mol. The van der Waals surface area contributed by atoms with Crippen molar-refractivity contribution in [2.45, 2.75) is 32.7 Å². The van der Waals surface area contributed by atoms with Crippen LogP contribution in [-0.2, 0) is 9.47 Å². The number of carbonyl (C=O) groups excluding carboxylic acids is 2. The third-order valence-corrected chi connectivity index (χ3v) is 2.17. The molecule has 0 saturated carbocycles. The van der Waals surface area contributed by atoms with Crippen molar-refractivity contribution in [3.63, 3.8) is 0 Å². The maximum absolute atomic E-state index is 12.4. The highest BCUT2D eigenvalue weighted by Crippen LogP contribution is 2.34. The van der Waals surface area contributed by atoms with E-state index in [4.69, 9.17) is 9.47 Å². The zero-order chi connectivity index (χ0) is 17.8. The van der Waals surface area contributed by atoms with Crippen LogP contribution in [0, 0.1) is 0 Å². The van der Waals surface area contributed by atoms with Crippen molar-refractivity contribution >= 4 is 12.1 Å². The maximum atomic E-state index is 12.4. The Morgan fingerprint density at radius 2 is 1.65 bits per heavy atom. The van der Waals surface area contributed by atoms with Crippen LogP contribution in [0.1, 0.15) is 31.1 Å². The van der Waals surface area contributed by atoms with E-state index in [0.29, 0.717) is 0 Å². The molecule has 23 heavy (non-hydrogen) atoms. The quantitative estimate of drug-likeness (QED) is 0.619. The topological polar surface area (TPSA) is 71.1 Å². The molecule has 0 aliphatic carbocycles. The van der Waals surface area contributed by atoms with Crippen LogP contribution in [0.25, 0.3) is 0 Å². The predicted octanol–water partition coefficient (Wildman–Crippen LogP) is 3.69. The predicted molar refractivity (Wildman–Crippen MR) is 71.3 cm³/mol. The molecular formula is C14H15F3O6. The third kappa shape index (κ3) is 6.45. The van der Waals surface area contributed by atoms with Gasteiger partial charge in [0.25, 0.3) is 0 Å². The highest BCUT2D eigenvalue weighted by Gasteiger charge is 2.33. The fourth-order valence-electron chi connectivity index (χ4n) is 1.40. The van der Waals surface area contributed by atoms with E-state index in [9.17, 15) is 22.8 Å².